The number of unbranched alkanes of at least 4 members (excludes halogenated alkanes) is 1. The smallest absolute Gasteiger partial charge is 0.0366 e. The van der Waals surface area contributed by atoms with E-state index in [0.717, 1.165) is 13.1 Å². The van der Waals surface area contributed by atoms with Gasteiger partial charge in [0.25, 0.3) is 0 Å². The van der Waals surface area contributed by atoms with Gasteiger partial charge in [-0.05, 0) is 31.7 Å². The number of likely N-dealkylation sites (N-methyl/N-ethyl adjacent to an activating group) is 2. The van der Waals surface area contributed by atoms with Gasteiger partial charge in [0.05, 0.1) is 0 Å². The average Bonchev–Trinajstić information content (AvgIpc) is 2.36. The Balaban J connectivity index is 0. The van der Waals surface area contributed by atoms with Gasteiger partial charge in [-0.1, -0.05) is 38.8 Å². The standard InChI is InChI=1S/C11H18N2.C4H10.H2/c1-10-5-4-6-11(9-10)13(3)8-7-12-2;1-3-4-2;/h4-6,9,12H,7-8H2,1-3H3;3-4H2,1-2H3;1H. The molecule has 0 bridgehead atoms. The molecule has 17 heavy (non-hydrogen) atoms. The average molecular weight is 238 g/mol. The quantitative estimate of drug-likeness (QED) is 0.841. The summed E-state index contributed by atoms with van der Waals surface area (Å²) >= 11 is 0. The van der Waals surface area contributed by atoms with Gasteiger partial charge in [0, 0.05) is 27.3 Å². The molecule has 2 nitrogen and oxygen atoms in total. The third-order valence-corrected chi connectivity index (χ3v) is 2.64. The summed E-state index contributed by atoms with van der Waals surface area (Å²) in [5.41, 5.74) is 2.60. The Labute approximate surface area is 109 Å². The molecule has 0 amide bonds. The van der Waals surface area contributed by atoms with Gasteiger partial charge in [-0.25, -0.2) is 0 Å². The largest absolute Gasteiger partial charge is 0.373 e. The monoisotopic (exact) mass is 238 g/mol. The summed E-state index contributed by atoms with van der Waals surface area (Å²) in [7, 11) is 4.09. The normalized spacial score (nSPS) is 9.47. The Morgan fingerprint density at radius 1 is 1.24 bits per heavy atom. The van der Waals surface area contributed by atoms with Gasteiger partial charge < -0.3 is 10.2 Å². The second kappa shape index (κ2) is 10.2. The van der Waals surface area contributed by atoms with Crippen molar-refractivity contribution in [2.45, 2.75) is 33.6 Å². The minimum atomic E-state index is 0. The summed E-state index contributed by atoms with van der Waals surface area (Å²) in [5.74, 6) is 0. The molecule has 0 aromatic heterocycles. The number of aryl methyl sites for hydroxylation is 1. The highest BCUT2D eigenvalue weighted by molar-refractivity contribution is 5.47. The maximum Gasteiger partial charge on any atom is 0.0366 e. The molecule has 0 aliphatic carbocycles. The van der Waals surface area contributed by atoms with Crippen molar-refractivity contribution >= 4 is 5.69 Å². The summed E-state index contributed by atoms with van der Waals surface area (Å²) in [6, 6.07) is 8.56. The molecule has 0 radical (unpaired) electrons. The van der Waals surface area contributed by atoms with E-state index in [1.54, 1.807) is 0 Å². The van der Waals surface area contributed by atoms with E-state index < -0.39 is 0 Å². The summed E-state index contributed by atoms with van der Waals surface area (Å²) in [5, 5.41) is 3.14. The topological polar surface area (TPSA) is 15.3 Å². The Morgan fingerprint density at radius 3 is 2.35 bits per heavy atom. The molecule has 0 aliphatic heterocycles. The first-order valence-electron chi connectivity index (χ1n) is 6.58. The van der Waals surface area contributed by atoms with E-state index in [0.29, 0.717) is 0 Å². The van der Waals surface area contributed by atoms with Gasteiger partial charge in [0.2, 0.25) is 0 Å². The Morgan fingerprint density at radius 2 is 1.88 bits per heavy atom. The van der Waals surface area contributed by atoms with E-state index in [1.807, 2.05) is 7.05 Å². The van der Waals surface area contributed by atoms with Crippen LogP contribution in [0.2, 0.25) is 0 Å². The molecule has 0 heterocycles. The fourth-order valence-electron chi connectivity index (χ4n) is 1.27. The molecule has 100 valence electrons. The molecule has 0 aliphatic rings. The van der Waals surface area contributed by atoms with Crippen LogP contribution in [0.4, 0.5) is 5.69 Å². The number of nitrogens with zero attached hydrogens (tertiary/aromatic N) is 1. The van der Waals surface area contributed by atoms with Gasteiger partial charge in [-0.3, -0.25) is 0 Å². The van der Waals surface area contributed by atoms with Crippen molar-refractivity contribution in [3.05, 3.63) is 29.8 Å². The van der Waals surface area contributed by atoms with Gasteiger partial charge in [-0.15, -0.1) is 0 Å². The van der Waals surface area contributed by atoms with Crippen LogP contribution in [0.5, 0.6) is 0 Å². The first kappa shape index (κ1) is 16.0. The van der Waals surface area contributed by atoms with E-state index in [9.17, 15) is 0 Å². The summed E-state index contributed by atoms with van der Waals surface area (Å²) in [6.07, 6.45) is 2.64. The van der Waals surface area contributed by atoms with Crippen molar-refractivity contribution in [1.82, 2.24) is 5.32 Å². The number of hydrogen-bond donors (Lipinski definition) is 1. The van der Waals surface area contributed by atoms with Crippen LogP contribution >= 0.6 is 0 Å². The maximum atomic E-state index is 3.14. The van der Waals surface area contributed by atoms with Crippen LogP contribution in [0.1, 0.15) is 33.7 Å². The van der Waals surface area contributed by atoms with Crippen LogP contribution in [0.25, 0.3) is 0 Å². The lowest BCUT2D eigenvalue weighted by Gasteiger charge is -2.19. The van der Waals surface area contributed by atoms with Crippen LogP contribution in [-0.2, 0) is 0 Å². The zero-order valence-electron chi connectivity index (χ0n) is 12.1. The highest BCUT2D eigenvalue weighted by Gasteiger charge is 1.98. The molecule has 0 spiro atoms. The fraction of sp³-hybridized carbons (Fsp3) is 0.600. The number of anilines is 1. The second-order valence-electron chi connectivity index (χ2n) is 4.36. The van der Waals surface area contributed by atoms with Crippen LogP contribution in [0.15, 0.2) is 24.3 Å². The number of nitrogens with one attached hydrogen (secondary N) is 1. The van der Waals surface area contributed by atoms with Crippen LogP contribution in [0, 0.1) is 6.92 Å². The van der Waals surface area contributed by atoms with Gasteiger partial charge >= 0.3 is 0 Å². The van der Waals surface area contributed by atoms with E-state index in [2.05, 4.69) is 62.3 Å². The Kier molecular flexibility index (Phi) is 9.55. The second-order valence-corrected chi connectivity index (χ2v) is 4.36. The minimum absolute atomic E-state index is 0. The lowest BCUT2D eigenvalue weighted by molar-refractivity contribution is 0.767. The predicted molar refractivity (Wildman–Crippen MR) is 81.1 cm³/mol. The third kappa shape index (κ3) is 7.81. The van der Waals surface area contributed by atoms with Crippen molar-refractivity contribution < 1.29 is 1.43 Å². The van der Waals surface area contributed by atoms with Gasteiger partial charge in [-0.2, -0.15) is 0 Å². The molecule has 0 unspecified atom stereocenters. The van der Waals surface area contributed by atoms with E-state index in [1.165, 1.54) is 24.1 Å². The molecule has 0 saturated carbocycles. The first-order chi connectivity index (χ1) is 8.15. The molecule has 0 saturated heterocycles. The molecular weight excluding hydrogens is 208 g/mol. The Bertz CT molecular complexity index is 288. The number of benzene rings is 1. The lowest BCUT2D eigenvalue weighted by atomic mass is 10.2. The van der Waals surface area contributed by atoms with Crippen molar-refractivity contribution in [2.24, 2.45) is 0 Å². The molecular formula is C15H30N2. The first-order valence-corrected chi connectivity index (χ1v) is 6.58. The molecule has 1 N–H and O–H groups in total. The molecule has 1 rings (SSSR count). The van der Waals surface area contributed by atoms with Crippen LogP contribution < -0.4 is 10.2 Å². The summed E-state index contributed by atoms with van der Waals surface area (Å²) < 4.78 is 0. The van der Waals surface area contributed by atoms with Crippen molar-refractivity contribution in [3.63, 3.8) is 0 Å². The van der Waals surface area contributed by atoms with Crippen molar-refractivity contribution in [1.29, 1.82) is 0 Å². The maximum absolute atomic E-state index is 3.14. The summed E-state index contributed by atoms with van der Waals surface area (Å²) in [4.78, 5) is 2.25. The minimum Gasteiger partial charge on any atom is -0.373 e. The van der Waals surface area contributed by atoms with Crippen molar-refractivity contribution in [3.8, 4) is 0 Å². The van der Waals surface area contributed by atoms with E-state index >= 15 is 0 Å². The van der Waals surface area contributed by atoms with Crippen LogP contribution in [-0.4, -0.2) is 27.2 Å². The molecule has 0 atom stereocenters. The van der Waals surface area contributed by atoms with E-state index in [4.69, 9.17) is 0 Å². The number of hydrogen-bond acceptors (Lipinski definition) is 2. The molecule has 0 fully saturated rings. The predicted octanol–water partition coefficient (Wildman–Crippen LogP) is 3.70. The fourth-order valence-corrected chi connectivity index (χ4v) is 1.27. The molecule has 2 heteroatoms. The summed E-state index contributed by atoms with van der Waals surface area (Å²) in [6.45, 7) is 8.54. The SMILES string of the molecule is CCCC.CNCCN(C)c1cccc(C)c1.[HH]. The number of rotatable bonds is 5. The van der Waals surface area contributed by atoms with Gasteiger partial charge in [0.1, 0.15) is 0 Å². The molecule has 1 aromatic carbocycles. The van der Waals surface area contributed by atoms with E-state index in [-0.39, 0.29) is 1.43 Å². The van der Waals surface area contributed by atoms with Gasteiger partial charge in [0.15, 0.2) is 0 Å². The Hall–Kier alpha value is -1.02. The third-order valence-electron chi connectivity index (χ3n) is 2.64. The van der Waals surface area contributed by atoms with Crippen molar-refractivity contribution in [2.75, 3.05) is 32.1 Å². The molecule has 1 aromatic rings. The highest BCUT2D eigenvalue weighted by atomic mass is 15.1. The highest BCUT2D eigenvalue weighted by Crippen LogP contribution is 2.13. The zero-order chi connectivity index (χ0) is 13.1. The zero-order valence-corrected chi connectivity index (χ0v) is 12.1. The van der Waals surface area contributed by atoms with Crippen LogP contribution in [0.3, 0.4) is 0 Å². The lowest BCUT2D eigenvalue weighted by Crippen LogP contribution is -2.26.